The summed E-state index contributed by atoms with van der Waals surface area (Å²) in [4.78, 5) is 19.6. The van der Waals surface area contributed by atoms with Crippen LogP contribution in [0.4, 0.5) is 0 Å². The van der Waals surface area contributed by atoms with Gasteiger partial charge in [-0.3, -0.25) is 9.59 Å². The van der Waals surface area contributed by atoms with Crippen LogP contribution in [0.5, 0.6) is 0 Å². The van der Waals surface area contributed by atoms with Crippen LogP contribution in [0.15, 0.2) is 0 Å². The average Bonchev–Trinajstić information content (AvgIpc) is 2.92. The molecule has 0 aromatic carbocycles. The molecule has 1 atom stereocenters. The van der Waals surface area contributed by atoms with Gasteiger partial charge < -0.3 is 20.5 Å². The van der Waals surface area contributed by atoms with Crippen LogP contribution in [0.25, 0.3) is 0 Å². The van der Waals surface area contributed by atoms with Crippen molar-refractivity contribution < 1.29 is 19.4 Å². The molecule has 1 aliphatic rings. The number of carbonyl (C=O) groups excluding carboxylic acids is 2. The number of hydrogen-bond donors (Lipinski definition) is 3. The topological polar surface area (TPSA) is 87.7 Å². The van der Waals surface area contributed by atoms with Crippen molar-refractivity contribution in [1.82, 2.24) is 10.6 Å². The van der Waals surface area contributed by atoms with Crippen LogP contribution < -0.4 is 10.6 Å². The van der Waals surface area contributed by atoms with E-state index >= 15 is 0 Å². The Kier molecular flexibility index (Phi) is 26.0. The number of esters is 1. The molecule has 0 aliphatic carbocycles. The van der Waals surface area contributed by atoms with Crippen molar-refractivity contribution in [3.8, 4) is 0 Å². The van der Waals surface area contributed by atoms with Gasteiger partial charge in [0.2, 0.25) is 6.41 Å². The van der Waals surface area contributed by atoms with Crippen LogP contribution >= 0.6 is 0 Å². The molecule has 1 rings (SSSR count). The minimum Gasteiger partial charge on any atom is -0.468 e. The smallest absolute Gasteiger partial charge is 0.325 e. The number of carbonyl (C=O) groups is 2. The highest BCUT2D eigenvalue weighted by Gasteiger charge is 2.06. The lowest BCUT2D eigenvalue weighted by Crippen LogP contribution is -2.21. The van der Waals surface area contributed by atoms with Crippen molar-refractivity contribution in [2.75, 3.05) is 33.9 Å². The monoisotopic (exact) mass is 264 g/mol. The van der Waals surface area contributed by atoms with Crippen LogP contribution in [0.3, 0.4) is 0 Å². The number of amides is 1. The molecule has 0 saturated carbocycles. The summed E-state index contributed by atoms with van der Waals surface area (Å²) < 4.78 is 4.19. The van der Waals surface area contributed by atoms with Crippen molar-refractivity contribution in [3.05, 3.63) is 0 Å². The van der Waals surface area contributed by atoms with Crippen LogP contribution in [-0.4, -0.2) is 51.3 Å². The third-order valence-electron chi connectivity index (χ3n) is 1.86. The number of hydrogen-bond acceptors (Lipinski definition) is 5. The third-order valence-corrected chi connectivity index (χ3v) is 1.86. The summed E-state index contributed by atoms with van der Waals surface area (Å²) in [5.41, 5.74) is 0. The van der Waals surface area contributed by atoms with Gasteiger partial charge in [-0.15, -0.1) is 0 Å². The molecule has 0 bridgehead atoms. The average molecular weight is 264 g/mol. The van der Waals surface area contributed by atoms with E-state index in [1.165, 1.54) is 26.6 Å². The molecule has 6 heteroatoms. The molecular formula is C12H28N2O4. The van der Waals surface area contributed by atoms with E-state index in [0.717, 1.165) is 13.0 Å². The highest BCUT2D eigenvalue weighted by molar-refractivity contribution is 5.73. The summed E-state index contributed by atoms with van der Waals surface area (Å²) in [6.45, 7) is 8.70. The normalized spacial score (nSPS) is 15.6. The lowest BCUT2D eigenvalue weighted by molar-refractivity contribution is -0.140. The molecule has 0 aromatic heterocycles. The van der Waals surface area contributed by atoms with E-state index in [4.69, 9.17) is 5.11 Å². The van der Waals surface area contributed by atoms with Gasteiger partial charge in [0.15, 0.2) is 0 Å². The molecule has 1 aliphatic heterocycles. The first-order valence-corrected chi connectivity index (χ1v) is 6.10. The SMILES string of the molecule is CC.CC1CCNC1.CO.COC(=O)CNC=O. The maximum atomic E-state index is 10.1. The van der Waals surface area contributed by atoms with Gasteiger partial charge >= 0.3 is 5.97 Å². The molecule has 6 nitrogen and oxygen atoms in total. The molecule has 18 heavy (non-hydrogen) atoms. The van der Waals surface area contributed by atoms with E-state index in [1.807, 2.05) is 13.8 Å². The van der Waals surface area contributed by atoms with Gasteiger partial charge in [-0.25, -0.2) is 0 Å². The van der Waals surface area contributed by atoms with Crippen molar-refractivity contribution in [1.29, 1.82) is 0 Å². The molecule has 1 heterocycles. The Balaban J connectivity index is -0.000000199. The quantitative estimate of drug-likeness (QED) is 0.499. The fraction of sp³-hybridized carbons (Fsp3) is 0.833. The minimum atomic E-state index is -0.447. The zero-order valence-electron chi connectivity index (χ0n) is 12.2. The molecule has 1 unspecified atom stereocenters. The number of ether oxygens (including phenoxy) is 1. The zero-order chi connectivity index (χ0) is 14.8. The molecular weight excluding hydrogens is 236 g/mol. The summed E-state index contributed by atoms with van der Waals surface area (Å²) in [5, 5.41) is 12.4. The molecule has 1 fully saturated rings. The predicted molar refractivity (Wildman–Crippen MR) is 72.2 cm³/mol. The Hall–Kier alpha value is -1.14. The van der Waals surface area contributed by atoms with Gasteiger partial charge in [-0.2, -0.15) is 0 Å². The third kappa shape index (κ3) is 20.3. The van der Waals surface area contributed by atoms with Gasteiger partial charge in [-0.05, 0) is 25.4 Å². The number of methoxy groups -OCH3 is 1. The standard InChI is InChI=1S/C5H11N.C4H7NO3.C2H6.CH4O/c1-5-2-3-6-4-5;1-8-4(7)2-5-3-6;2*1-2/h5-6H,2-4H2,1H3;3H,2H2,1H3,(H,5,6);1-2H3;2H,1H3. The molecule has 1 saturated heterocycles. The second-order valence-corrected chi connectivity index (χ2v) is 3.17. The van der Waals surface area contributed by atoms with E-state index < -0.39 is 5.97 Å². The highest BCUT2D eigenvalue weighted by atomic mass is 16.5. The second-order valence-electron chi connectivity index (χ2n) is 3.17. The Morgan fingerprint density at radius 1 is 1.50 bits per heavy atom. The predicted octanol–water partition coefficient (Wildman–Crippen LogP) is 0.156. The fourth-order valence-electron chi connectivity index (χ4n) is 0.996. The van der Waals surface area contributed by atoms with Crippen LogP contribution in [0.1, 0.15) is 27.2 Å². The van der Waals surface area contributed by atoms with Crippen LogP contribution in [-0.2, 0) is 14.3 Å². The van der Waals surface area contributed by atoms with Crippen molar-refractivity contribution in [2.24, 2.45) is 5.92 Å². The molecule has 0 spiro atoms. The van der Waals surface area contributed by atoms with Crippen molar-refractivity contribution in [3.63, 3.8) is 0 Å². The Bertz CT molecular complexity index is 171. The molecule has 3 N–H and O–H groups in total. The van der Waals surface area contributed by atoms with Crippen LogP contribution in [0, 0.1) is 5.92 Å². The second kappa shape index (κ2) is 21.2. The Morgan fingerprint density at radius 3 is 2.28 bits per heavy atom. The molecule has 1 amide bonds. The molecule has 0 radical (unpaired) electrons. The Labute approximate surface area is 110 Å². The van der Waals surface area contributed by atoms with E-state index in [0.29, 0.717) is 6.41 Å². The lowest BCUT2D eigenvalue weighted by atomic mass is 10.2. The zero-order valence-corrected chi connectivity index (χ0v) is 12.2. The maximum Gasteiger partial charge on any atom is 0.325 e. The van der Waals surface area contributed by atoms with Crippen LogP contribution in [0.2, 0.25) is 0 Å². The Morgan fingerprint density at radius 2 is 2.06 bits per heavy atom. The number of rotatable bonds is 3. The van der Waals surface area contributed by atoms with E-state index in [2.05, 4.69) is 22.3 Å². The first-order valence-electron chi connectivity index (χ1n) is 6.10. The summed E-state index contributed by atoms with van der Waals surface area (Å²) in [5.74, 6) is 0.488. The van der Waals surface area contributed by atoms with Gasteiger partial charge in [-0.1, -0.05) is 20.8 Å². The minimum absolute atomic E-state index is 0.0556. The van der Waals surface area contributed by atoms with E-state index in [1.54, 1.807) is 0 Å². The lowest BCUT2D eigenvalue weighted by Gasteiger charge is -1.93. The van der Waals surface area contributed by atoms with Gasteiger partial charge in [0, 0.05) is 7.11 Å². The largest absolute Gasteiger partial charge is 0.468 e. The van der Waals surface area contributed by atoms with E-state index in [-0.39, 0.29) is 6.54 Å². The summed E-state index contributed by atoms with van der Waals surface area (Å²) >= 11 is 0. The van der Waals surface area contributed by atoms with Crippen molar-refractivity contribution in [2.45, 2.75) is 27.2 Å². The summed E-state index contributed by atoms with van der Waals surface area (Å²) in [6, 6.07) is 0. The number of aliphatic hydroxyl groups excluding tert-OH is 1. The van der Waals surface area contributed by atoms with Gasteiger partial charge in [0.25, 0.3) is 0 Å². The molecule has 110 valence electrons. The highest BCUT2D eigenvalue weighted by Crippen LogP contribution is 2.03. The van der Waals surface area contributed by atoms with Crippen molar-refractivity contribution >= 4 is 12.4 Å². The number of aliphatic hydroxyl groups is 1. The first-order chi connectivity index (χ1) is 8.70. The number of nitrogens with one attached hydrogen (secondary N) is 2. The fourth-order valence-corrected chi connectivity index (χ4v) is 0.996. The molecule has 0 aromatic rings. The van der Waals surface area contributed by atoms with E-state index in [9.17, 15) is 9.59 Å². The van der Waals surface area contributed by atoms with Gasteiger partial charge in [0.1, 0.15) is 6.54 Å². The maximum absolute atomic E-state index is 10.1. The summed E-state index contributed by atoms with van der Waals surface area (Å²) in [7, 11) is 2.26. The first kappa shape index (κ1) is 22.1. The summed E-state index contributed by atoms with van der Waals surface area (Å²) in [6.07, 6.45) is 1.82. The van der Waals surface area contributed by atoms with Gasteiger partial charge in [0.05, 0.1) is 7.11 Å².